The van der Waals surface area contributed by atoms with Gasteiger partial charge in [0.1, 0.15) is 11.8 Å². The molecule has 0 spiro atoms. The van der Waals surface area contributed by atoms with Crippen LogP contribution in [-0.2, 0) is 15.2 Å². The number of aromatic amines is 1. The zero-order valence-electron chi connectivity index (χ0n) is 14.5. The summed E-state index contributed by atoms with van der Waals surface area (Å²) < 4.78 is 12.4. The number of aromatic nitrogens is 3. The summed E-state index contributed by atoms with van der Waals surface area (Å²) in [5, 5.41) is 9.63. The van der Waals surface area contributed by atoms with Crippen LogP contribution in [0.15, 0.2) is 34.1 Å². The predicted octanol–water partition coefficient (Wildman–Crippen LogP) is 0.575. The van der Waals surface area contributed by atoms with E-state index < -0.39 is 29.0 Å². The maximum Gasteiger partial charge on any atom is 0.339 e. The van der Waals surface area contributed by atoms with E-state index in [0.29, 0.717) is 18.4 Å². The molecule has 9 nitrogen and oxygen atoms in total. The van der Waals surface area contributed by atoms with Gasteiger partial charge in [-0.05, 0) is 25.5 Å². The fraction of sp³-hybridized carbons (Fsp3) is 0.412. The summed E-state index contributed by atoms with van der Waals surface area (Å²) in [5.41, 5.74) is -2.02. The molecule has 0 bridgehead atoms. The number of hydrogen-bond acceptors (Lipinski definition) is 7. The Morgan fingerprint density at radius 1 is 1.52 bits per heavy atom. The largest absolute Gasteiger partial charge is 0.457 e. The molecule has 27 heavy (non-hydrogen) atoms. The van der Waals surface area contributed by atoms with Crippen LogP contribution in [0, 0.1) is 6.92 Å². The van der Waals surface area contributed by atoms with Crippen LogP contribution in [0.5, 0.6) is 0 Å². The monoisotopic (exact) mass is 395 g/mol. The van der Waals surface area contributed by atoms with Crippen molar-refractivity contribution in [1.82, 2.24) is 14.5 Å². The predicted molar refractivity (Wildman–Crippen MR) is 94.8 cm³/mol. The lowest BCUT2D eigenvalue weighted by atomic mass is 10.1. The van der Waals surface area contributed by atoms with Crippen molar-refractivity contribution in [3.05, 3.63) is 61.6 Å². The molecule has 1 aliphatic heterocycles. The fourth-order valence-corrected chi connectivity index (χ4v) is 3.04. The molecule has 1 aliphatic rings. The molecular weight excluding hydrogens is 378 g/mol. The molecule has 0 unspecified atom stereocenters. The molecule has 2 aromatic heterocycles. The number of rotatable bonds is 5. The van der Waals surface area contributed by atoms with E-state index in [4.69, 9.17) is 21.1 Å². The lowest BCUT2D eigenvalue weighted by Gasteiger charge is -2.31. The molecule has 0 saturated carbocycles. The molecule has 0 aromatic carbocycles. The van der Waals surface area contributed by atoms with Crippen molar-refractivity contribution >= 4 is 17.6 Å². The van der Waals surface area contributed by atoms with Gasteiger partial charge in [-0.3, -0.25) is 14.3 Å². The normalized spacial score (nSPS) is 22.0. The van der Waals surface area contributed by atoms with E-state index in [9.17, 15) is 19.5 Å². The van der Waals surface area contributed by atoms with Crippen molar-refractivity contribution < 1.29 is 19.4 Å². The van der Waals surface area contributed by atoms with Crippen molar-refractivity contribution in [2.45, 2.75) is 31.6 Å². The molecule has 144 valence electrons. The van der Waals surface area contributed by atoms with Crippen LogP contribution in [0.2, 0.25) is 5.15 Å². The van der Waals surface area contributed by atoms with Crippen LogP contribution in [-0.4, -0.2) is 44.9 Å². The Balaban J connectivity index is 1.89. The van der Waals surface area contributed by atoms with Crippen molar-refractivity contribution in [1.29, 1.82) is 0 Å². The van der Waals surface area contributed by atoms with Gasteiger partial charge in [-0.1, -0.05) is 11.6 Å². The molecule has 1 saturated heterocycles. The number of carbonyl (C=O) groups excluding carboxylic acids is 1. The summed E-state index contributed by atoms with van der Waals surface area (Å²) in [6.45, 7) is 1.02. The Labute approximate surface area is 158 Å². The van der Waals surface area contributed by atoms with Crippen LogP contribution in [0.3, 0.4) is 0 Å². The maximum absolute atomic E-state index is 12.3. The first-order valence-electron chi connectivity index (χ1n) is 8.25. The average Bonchev–Trinajstić information content (AvgIpc) is 3.08. The standard InChI is InChI=1S/C17H18ClN3O6/c1-10-7-21(16(25)20-14(10)23)17(5-4-12(8-22)27-17)9-26-15(24)11-2-3-13(18)19-6-11/h2-3,6-7,12,22H,4-5,8-9H2,1H3,(H,20,23,25)/t12-,17-/m0/s1. The molecule has 0 aliphatic carbocycles. The lowest BCUT2D eigenvalue weighted by Crippen LogP contribution is -2.48. The summed E-state index contributed by atoms with van der Waals surface area (Å²) in [6.07, 6.45) is 2.90. The topological polar surface area (TPSA) is 124 Å². The number of ether oxygens (including phenoxy) is 2. The number of aliphatic hydroxyl groups excluding tert-OH is 1. The molecule has 2 N–H and O–H groups in total. The molecule has 0 radical (unpaired) electrons. The van der Waals surface area contributed by atoms with Crippen LogP contribution in [0.4, 0.5) is 0 Å². The second-order valence-electron chi connectivity index (χ2n) is 6.29. The third-order valence-electron chi connectivity index (χ3n) is 4.40. The van der Waals surface area contributed by atoms with E-state index in [-0.39, 0.29) is 23.9 Å². The Morgan fingerprint density at radius 2 is 2.30 bits per heavy atom. The fourth-order valence-electron chi connectivity index (χ4n) is 2.92. The summed E-state index contributed by atoms with van der Waals surface area (Å²) in [5.74, 6) is -0.663. The highest BCUT2D eigenvalue weighted by Gasteiger charge is 2.44. The number of pyridine rings is 1. The summed E-state index contributed by atoms with van der Waals surface area (Å²) in [4.78, 5) is 42.3. The second-order valence-corrected chi connectivity index (χ2v) is 6.68. The molecule has 3 heterocycles. The number of nitrogens with one attached hydrogen (secondary N) is 1. The Hall–Kier alpha value is -2.49. The molecule has 2 atom stereocenters. The smallest absolute Gasteiger partial charge is 0.339 e. The zero-order valence-corrected chi connectivity index (χ0v) is 15.2. The number of carbonyl (C=O) groups is 1. The Kier molecular flexibility index (Phi) is 5.45. The van der Waals surface area contributed by atoms with E-state index >= 15 is 0 Å². The van der Waals surface area contributed by atoms with E-state index in [2.05, 4.69) is 9.97 Å². The number of aliphatic hydroxyl groups is 1. The van der Waals surface area contributed by atoms with Crippen molar-refractivity contribution in [2.75, 3.05) is 13.2 Å². The zero-order chi connectivity index (χ0) is 19.6. The first kappa shape index (κ1) is 19.3. The van der Waals surface area contributed by atoms with Gasteiger partial charge >= 0.3 is 11.7 Å². The maximum atomic E-state index is 12.3. The molecule has 3 rings (SSSR count). The van der Waals surface area contributed by atoms with Crippen LogP contribution in [0.1, 0.15) is 28.8 Å². The highest BCUT2D eigenvalue weighted by atomic mass is 35.5. The molecule has 10 heteroatoms. The summed E-state index contributed by atoms with van der Waals surface area (Å²) in [7, 11) is 0. The van der Waals surface area contributed by atoms with Gasteiger partial charge in [0.15, 0.2) is 5.72 Å². The van der Waals surface area contributed by atoms with Gasteiger partial charge in [-0.2, -0.15) is 0 Å². The van der Waals surface area contributed by atoms with Crippen molar-refractivity contribution in [3.8, 4) is 0 Å². The highest BCUT2D eigenvalue weighted by Crippen LogP contribution is 2.34. The molecule has 0 amide bonds. The number of H-pyrrole nitrogens is 1. The molecule has 1 fully saturated rings. The molecule has 2 aromatic rings. The highest BCUT2D eigenvalue weighted by molar-refractivity contribution is 6.29. The van der Waals surface area contributed by atoms with Crippen molar-refractivity contribution in [2.24, 2.45) is 0 Å². The van der Waals surface area contributed by atoms with E-state index in [1.54, 1.807) is 6.92 Å². The van der Waals surface area contributed by atoms with Crippen LogP contribution < -0.4 is 11.2 Å². The van der Waals surface area contributed by atoms with Crippen LogP contribution >= 0.6 is 11.6 Å². The van der Waals surface area contributed by atoms with E-state index in [1.165, 1.54) is 29.1 Å². The number of esters is 1. The minimum atomic E-state index is -1.32. The molecular formula is C17H18ClN3O6. The Morgan fingerprint density at radius 3 is 2.93 bits per heavy atom. The minimum Gasteiger partial charge on any atom is -0.457 e. The van der Waals surface area contributed by atoms with Gasteiger partial charge in [0, 0.05) is 24.4 Å². The number of halogens is 1. The van der Waals surface area contributed by atoms with Gasteiger partial charge in [0.2, 0.25) is 0 Å². The van der Waals surface area contributed by atoms with Gasteiger partial charge in [-0.15, -0.1) is 0 Å². The van der Waals surface area contributed by atoms with Gasteiger partial charge in [-0.25, -0.2) is 14.6 Å². The van der Waals surface area contributed by atoms with Crippen molar-refractivity contribution in [3.63, 3.8) is 0 Å². The summed E-state index contributed by atoms with van der Waals surface area (Å²) >= 11 is 5.70. The lowest BCUT2D eigenvalue weighted by molar-refractivity contribution is -0.141. The number of hydrogen-bond donors (Lipinski definition) is 2. The SMILES string of the molecule is Cc1cn([C@@]2(COC(=O)c3ccc(Cl)nc3)CC[C@@H](CO)O2)c(=O)[nH]c1=O. The summed E-state index contributed by atoms with van der Waals surface area (Å²) in [6, 6.07) is 2.92. The minimum absolute atomic E-state index is 0.191. The van der Waals surface area contributed by atoms with Crippen LogP contribution in [0.25, 0.3) is 0 Å². The Bertz CT molecular complexity index is 954. The second kappa shape index (κ2) is 7.63. The first-order valence-corrected chi connectivity index (χ1v) is 8.63. The average molecular weight is 396 g/mol. The third kappa shape index (κ3) is 3.95. The number of aryl methyl sites for hydroxylation is 1. The van der Waals surface area contributed by atoms with Gasteiger partial charge in [0.05, 0.1) is 18.3 Å². The third-order valence-corrected chi connectivity index (χ3v) is 4.62. The van der Waals surface area contributed by atoms with Gasteiger partial charge in [0.25, 0.3) is 5.56 Å². The number of nitrogens with zero attached hydrogens (tertiary/aromatic N) is 2. The van der Waals surface area contributed by atoms with E-state index in [1.807, 2.05) is 0 Å². The quantitative estimate of drug-likeness (QED) is 0.560. The van der Waals surface area contributed by atoms with Gasteiger partial charge < -0.3 is 14.6 Å². The first-order chi connectivity index (χ1) is 12.8. The van der Waals surface area contributed by atoms with E-state index in [0.717, 1.165) is 0 Å².